The van der Waals surface area contributed by atoms with Crippen LogP contribution in [0.2, 0.25) is 0 Å². The van der Waals surface area contributed by atoms with Crippen LogP contribution in [0.1, 0.15) is 41.5 Å². The molecule has 0 atom stereocenters. The number of aliphatic hydroxyl groups excluding tert-OH is 1. The predicted octanol–water partition coefficient (Wildman–Crippen LogP) is 4.16. The number of hydrogen-bond acceptors (Lipinski definition) is 3. The Hall–Kier alpha value is -2.13. The fourth-order valence-electron chi connectivity index (χ4n) is 2.75. The summed E-state index contributed by atoms with van der Waals surface area (Å²) < 4.78 is 5.97. The van der Waals surface area contributed by atoms with Crippen LogP contribution < -0.4 is 4.74 Å². The van der Waals surface area contributed by atoms with Crippen LogP contribution in [0, 0.1) is 13.8 Å². The summed E-state index contributed by atoms with van der Waals surface area (Å²) in [5.41, 5.74) is 4.95. The maximum atomic E-state index is 11.1. The van der Waals surface area contributed by atoms with E-state index in [2.05, 4.69) is 44.2 Å². The number of Topliss-reactive ketones (excluding diaryl/α,β-unsaturated/α-hetero) is 1. The van der Waals surface area contributed by atoms with Gasteiger partial charge in [-0.25, -0.2) is 0 Å². The van der Waals surface area contributed by atoms with E-state index in [1.165, 1.54) is 22.3 Å². The zero-order valence-electron chi connectivity index (χ0n) is 14.5. The molecule has 0 spiro atoms. The minimum Gasteiger partial charge on any atom is -0.489 e. The summed E-state index contributed by atoms with van der Waals surface area (Å²) in [7, 11) is 0. The summed E-state index contributed by atoms with van der Waals surface area (Å²) in [4.78, 5) is 11.1. The van der Waals surface area contributed by atoms with Crippen molar-refractivity contribution in [1.82, 2.24) is 0 Å². The van der Waals surface area contributed by atoms with Gasteiger partial charge in [0.25, 0.3) is 0 Å². The zero-order valence-corrected chi connectivity index (χ0v) is 14.5. The molecule has 3 heteroatoms. The highest BCUT2D eigenvalue weighted by Crippen LogP contribution is 2.20. The molecule has 0 aliphatic rings. The van der Waals surface area contributed by atoms with Gasteiger partial charge in [-0.2, -0.15) is 0 Å². The van der Waals surface area contributed by atoms with E-state index in [1.54, 1.807) is 0 Å². The largest absolute Gasteiger partial charge is 0.489 e. The molecule has 24 heavy (non-hydrogen) atoms. The quantitative estimate of drug-likeness (QED) is 0.704. The normalized spacial score (nSPS) is 10.6. The van der Waals surface area contributed by atoms with Gasteiger partial charge in [-0.05, 0) is 67.5 Å². The lowest BCUT2D eigenvalue weighted by Crippen LogP contribution is -2.03. The van der Waals surface area contributed by atoms with Crippen molar-refractivity contribution in [1.29, 1.82) is 0 Å². The summed E-state index contributed by atoms with van der Waals surface area (Å²) >= 11 is 0. The lowest BCUT2D eigenvalue weighted by Gasteiger charge is -2.12. The number of rotatable bonds is 9. The van der Waals surface area contributed by atoms with E-state index < -0.39 is 0 Å². The van der Waals surface area contributed by atoms with Crippen LogP contribution in [-0.4, -0.2) is 17.5 Å². The molecule has 2 aromatic carbocycles. The van der Waals surface area contributed by atoms with Crippen LogP contribution in [-0.2, 0) is 17.8 Å². The van der Waals surface area contributed by atoms with Crippen LogP contribution in [0.15, 0.2) is 42.5 Å². The Balaban J connectivity index is 1.87. The molecule has 0 unspecified atom stereocenters. The zero-order chi connectivity index (χ0) is 17.4. The number of carbonyl (C=O) groups excluding carboxylic acids is 1. The minimum absolute atomic E-state index is 0.0827. The van der Waals surface area contributed by atoms with Gasteiger partial charge >= 0.3 is 0 Å². The van der Waals surface area contributed by atoms with Gasteiger partial charge in [0.05, 0.1) is 0 Å². The molecule has 0 heterocycles. The highest BCUT2D eigenvalue weighted by Gasteiger charge is 2.04. The van der Waals surface area contributed by atoms with Crippen LogP contribution in [0.4, 0.5) is 0 Å². The summed E-state index contributed by atoms with van der Waals surface area (Å²) in [6, 6.07) is 14.4. The van der Waals surface area contributed by atoms with Crippen LogP contribution in [0.25, 0.3) is 0 Å². The Bertz CT molecular complexity index is 656. The molecule has 0 aromatic heterocycles. The average molecular weight is 326 g/mol. The van der Waals surface area contributed by atoms with Gasteiger partial charge in [0, 0.05) is 6.42 Å². The third kappa shape index (κ3) is 5.50. The lowest BCUT2D eigenvalue weighted by atomic mass is 10.0. The molecule has 2 rings (SSSR count). The van der Waals surface area contributed by atoms with Gasteiger partial charge in [-0.3, -0.25) is 4.79 Å². The van der Waals surface area contributed by atoms with Gasteiger partial charge in [0.2, 0.25) is 0 Å². The highest BCUT2D eigenvalue weighted by molar-refractivity contribution is 5.79. The molecule has 0 radical (unpaired) electrons. The van der Waals surface area contributed by atoms with E-state index in [4.69, 9.17) is 9.84 Å². The van der Waals surface area contributed by atoms with Gasteiger partial charge in [-0.15, -0.1) is 0 Å². The van der Waals surface area contributed by atoms with E-state index in [0.717, 1.165) is 25.0 Å². The first-order chi connectivity index (χ1) is 11.6. The third-order valence-corrected chi connectivity index (χ3v) is 4.27. The fraction of sp³-hybridized carbons (Fsp3) is 0.381. The minimum atomic E-state index is -0.346. The van der Waals surface area contributed by atoms with E-state index in [-0.39, 0.29) is 12.4 Å². The first kappa shape index (κ1) is 18.2. The van der Waals surface area contributed by atoms with Crippen molar-refractivity contribution in [2.45, 2.75) is 46.1 Å². The molecule has 2 aromatic rings. The first-order valence-corrected chi connectivity index (χ1v) is 8.49. The molecule has 0 saturated heterocycles. The second kappa shape index (κ2) is 9.24. The molecule has 3 nitrogen and oxygen atoms in total. The Morgan fingerprint density at radius 3 is 2.46 bits per heavy atom. The summed E-state index contributed by atoms with van der Waals surface area (Å²) in [5.74, 6) is 0.794. The van der Waals surface area contributed by atoms with E-state index >= 15 is 0 Å². The number of unbranched alkanes of at least 4 members (excludes halogenated alkanes) is 1. The number of ketones is 1. The van der Waals surface area contributed by atoms with Gasteiger partial charge in [-0.1, -0.05) is 30.3 Å². The SMILES string of the molecule is Cc1cccc(C)c1COc1cccc(CCCCC(=O)CO)c1. The van der Waals surface area contributed by atoms with Crippen molar-refractivity contribution >= 4 is 5.78 Å². The van der Waals surface area contributed by atoms with E-state index in [1.807, 2.05) is 12.1 Å². The maximum absolute atomic E-state index is 11.1. The molecule has 1 N–H and O–H groups in total. The van der Waals surface area contributed by atoms with Crippen molar-refractivity contribution in [2.75, 3.05) is 6.61 Å². The first-order valence-electron chi connectivity index (χ1n) is 8.49. The van der Waals surface area contributed by atoms with Crippen molar-refractivity contribution in [2.24, 2.45) is 0 Å². The number of benzene rings is 2. The standard InChI is InChI=1S/C21H26O3/c1-16-7-5-8-17(2)21(16)15-24-20-12-6-10-18(13-20)9-3-4-11-19(23)14-22/h5-8,10,12-13,22H,3-4,9,11,14-15H2,1-2H3. The molecule has 0 aliphatic carbocycles. The molecule has 0 aliphatic heterocycles. The summed E-state index contributed by atoms with van der Waals surface area (Å²) in [6.07, 6.45) is 3.12. The molecular weight excluding hydrogens is 300 g/mol. The lowest BCUT2D eigenvalue weighted by molar-refractivity contribution is -0.121. The smallest absolute Gasteiger partial charge is 0.158 e. The van der Waals surface area contributed by atoms with Crippen LogP contribution in [0.5, 0.6) is 5.75 Å². The second-order valence-corrected chi connectivity index (χ2v) is 6.21. The second-order valence-electron chi connectivity index (χ2n) is 6.21. The average Bonchev–Trinajstić information content (AvgIpc) is 2.58. The van der Waals surface area contributed by atoms with Gasteiger partial charge in [0.1, 0.15) is 19.0 Å². The fourth-order valence-corrected chi connectivity index (χ4v) is 2.75. The molecule has 128 valence electrons. The number of carbonyl (C=O) groups is 1. The Labute approximate surface area is 144 Å². The topological polar surface area (TPSA) is 46.5 Å². The van der Waals surface area contributed by atoms with Crippen molar-refractivity contribution in [3.63, 3.8) is 0 Å². The summed E-state index contributed by atoms with van der Waals surface area (Å²) in [5, 5.41) is 8.71. The third-order valence-electron chi connectivity index (χ3n) is 4.27. The highest BCUT2D eigenvalue weighted by atomic mass is 16.5. The predicted molar refractivity (Wildman–Crippen MR) is 96.3 cm³/mol. The molecule has 0 saturated carbocycles. The van der Waals surface area contributed by atoms with E-state index in [0.29, 0.717) is 13.0 Å². The van der Waals surface area contributed by atoms with Crippen molar-refractivity contribution < 1.29 is 14.6 Å². The van der Waals surface area contributed by atoms with Crippen molar-refractivity contribution in [3.8, 4) is 5.75 Å². The number of ether oxygens (including phenoxy) is 1. The molecule has 0 fully saturated rings. The Kier molecular flexibility index (Phi) is 7.01. The molecule has 0 amide bonds. The Morgan fingerprint density at radius 1 is 1.04 bits per heavy atom. The van der Waals surface area contributed by atoms with Crippen LogP contribution >= 0.6 is 0 Å². The molecule has 0 bridgehead atoms. The van der Waals surface area contributed by atoms with Gasteiger partial charge < -0.3 is 9.84 Å². The van der Waals surface area contributed by atoms with E-state index in [9.17, 15) is 4.79 Å². The summed E-state index contributed by atoms with van der Waals surface area (Å²) in [6.45, 7) is 4.44. The molecular formula is C21H26O3. The van der Waals surface area contributed by atoms with Crippen molar-refractivity contribution in [3.05, 3.63) is 64.7 Å². The van der Waals surface area contributed by atoms with Gasteiger partial charge in [0.15, 0.2) is 5.78 Å². The maximum Gasteiger partial charge on any atom is 0.158 e. The Morgan fingerprint density at radius 2 is 1.75 bits per heavy atom. The monoisotopic (exact) mass is 326 g/mol. The van der Waals surface area contributed by atoms with Crippen LogP contribution in [0.3, 0.4) is 0 Å². The number of aryl methyl sites for hydroxylation is 3. The number of hydrogen-bond donors (Lipinski definition) is 1. The number of aliphatic hydroxyl groups is 1.